The van der Waals surface area contributed by atoms with Crippen molar-refractivity contribution in [2.45, 2.75) is 302 Å². The van der Waals surface area contributed by atoms with Crippen molar-refractivity contribution >= 4 is 11.9 Å². The van der Waals surface area contributed by atoms with Crippen molar-refractivity contribution in [1.29, 1.82) is 0 Å². The molecular weight excluding hydrogens is 803 g/mol. The first kappa shape index (κ1) is 62.8. The van der Waals surface area contributed by atoms with E-state index in [0.717, 1.165) is 57.8 Å². The smallest absolute Gasteiger partial charge is 0.305 e. The Hall–Kier alpha value is -2.18. The van der Waals surface area contributed by atoms with E-state index >= 15 is 0 Å². The summed E-state index contributed by atoms with van der Waals surface area (Å²) in [4.78, 5) is 24.4. The highest BCUT2D eigenvalue weighted by Crippen LogP contribution is 2.15. The summed E-state index contributed by atoms with van der Waals surface area (Å²) in [6, 6.07) is -0.632. The fourth-order valence-corrected chi connectivity index (χ4v) is 8.42. The number of amides is 1. The largest absolute Gasteiger partial charge is 0.466 e. The molecule has 1 amide bonds. The summed E-state index contributed by atoms with van der Waals surface area (Å²) < 4.78 is 5.47. The minimum atomic E-state index is -0.847. The summed E-state index contributed by atoms with van der Waals surface area (Å²) in [7, 11) is 0. The van der Waals surface area contributed by atoms with Gasteiger partial charge in [-0.3, -0.25) is 9.59 Å². The lowest BCUT2D eigenvalue weighted by Gasteiger charge is -2.20. The second-order valence-corrected chi connectivity index (χ2v) is 19.3. The van der Waals surface area contributed by atoms with Crippen LogP contribution in [0.15, 0.2) is 48.6 Å². The van der Waals surface area contributed by atoms with E-state index in [0.29, 0.717) is 19.4 Å². The first-order valence-corrected chi connectivity index (χ1v) is 28.4. The molecule has 3 N–H and O–H groups in total. The van der Waals surface area contributed by atoms with E-state index < -0.39 is 12.1 Å². The summed E-state index contributed by atoms with van der Waals surface area (Å²) in [5.41, 5.74) is 0. The number of esters is 1. The summed E-state index contributed by atoms with van der Waals surface area (Å²) >= 11 is 0. The number of hydrogen-bond acceptors (Lipinski definition) is 5. The van der Waals surface area contributed by atoms with Gasteiger partial charge < -0.3 is 20.3 Å². The van der Waals surface area contributed by atoms with Crippen LogP contribution in [0.1, 0.15) is 290 Å². The van der Waals surface area contributed by atoms with Gasteiger partial charge in [-0.05, 0) is 89.9 Å². The fourth-order valence-electron chi connectivity index (χ4n) is 8.42. The number of nitrogens with one attached hydrogen (secondary N) is 1. The molecule has 6 heteroatoms. The van der Waals surface area contributed by atoms with E-state index in [4.69, 9.17) is 4.74 Å². The SMILES string of the molecule is CCCCCC/C=C\C/C=C\CCCCCCCC(=O)OCCCCCCCCCCCCC/C=C\CCCCCCCCCC(=O)NC(CO)C(O)/C=C/CCCCCCCCCC. The molecule has 0 aromatic heterocycles. The van der Waals surface area contributed by atoms with Crippen molar-refractivity contribution in [2.75, 3.05) is 13.2 Å². The number of aliphatic hydroxyl groups is 2. The Kier molecular flexibility index (Phi) is 52.6. The number of ether oxygens (including phenoxy) is 1. The first-order chi connectivity index (χ1) is 32.0. The Balaban J connectivity index is 3.43. The van der Waals surface area contributed by atoms with Crippen LogP contribution in [0.3, 0.4) is 0 Å². The molecule has 0 aromatic rings. The van der Waals surface area contributed by atoms with E-state index in [1.807, 2.05) is 6.08 Å². The van der Waals surface area contributed by atoms with Gasteiger partial charge in [0.15, 0.2) is 0 Å². The molecule has 0 fully saturated rings. The van der Waals surface area contributed by atoms with E-state index in [1.54, 1.807) is 6.08 Å². The minimum Gasteiger partial charge on any atom is -0.466 e. The predicted molar refractivity (Wildman–Crippen MR) is 282 cm³/mol. The van der Waals surface area contributed by atoms with E-state index in [1.165, 1.54) is 205 Å². The van der Waals surface area contributed by atoms with Gasteiger partial charge in [-0.15, -0.1) is 0 Å². The fraction of sp³-hybridized carbons (Fsp3) is 0.831. The van der Waals surface area contributed by atoms with Gasteiger partial charge in [0, 0.05) is 12.8 Å². The van der Waals surface area contributed by atoms with Gasteiger partial charge in [0.1, 0.15) is 0 Å². The van der Waals surface area contributed by atoms with Crippen LogP contribution < -0.4 is 5.32 Å². The zero-order valence-electron chi connectivity index (χ0n) is 43.2. The van der Waals surface area contributed by atoms with Crippen molar-refractivity contribution in [2.24, 2.45) is 0 Å². The maximum atomic E-state index is 12.4. The zero-order chi connectivity index (χ0) is 47.2. The molecule has 0 saturated carbocycles. The predicted octanol–water partition coefficient (Wildman–Crippen LogP) is 17.4. The first-order valence-electron chi connectivity index (χ1n) is 28.4. The Morgan fingerprint density at radius 3 is 1.20 bits per heavy atom. The van der Waals surface area contributed by atoms with Crippen molar-refractivity contribution < 1.29 is 24.5 Å². The van der Waals surface area contributed by atoms with Crippen LogP contribution >= 0.6 is 0 Å². The average molecular weight is 913 g/mol. The zero-order valence-corrected chi connectivity index (χ0v) is 43.2. The standard InChI is InChI=1S/C59H109NO5/c1-3-5-7-9-11-13-15-16-17-27-30-33-37-41-45-49-53-59(64)65-54-50-46-42-38-34-31-28-25-23-21-19-18-20-22-24-26-29-32-36-40-44-48-52-58(63)60-56(55-61)57(62)51-47-43-39-35-14-12-10-8-6-4-2/h13,15,17,20,22,27,47,51,56-57,61-62H,3-12,14,16,18-19,21,23-26,28-46,48-50,52-55H2,1-2H3,(H,60,63)/b15-13-,22-20-,27-17-,51-47+. The normalized spacial score (nSPS) is 13.0. The average Bonchev–Trinajstić information content (AvgIpc) is 3.31. The van der Waals surface area contributed by atoms with Crippen molar-refractivity contribution in [3.05, 3.63) is 48.6 Å². The molecule has 6 nitrogen and oxygen atoms in total. The second-order valence-electron chi connectivity index (χ2n) is 19.3. The Morgan fingerprint density at radius 1 is 0.431 bits per heavy atom. The lowest BCUT2D eigenvalue weighted by Crippen LogP contribution is -2.45. The maximum Gasteiger partial charge on any atom is 0.305 e. The highest BCUT2D eigenvalue weighted by molar-refractivity contribution is 5.76. The van der Waals surface area contributed by atoms with Gasteiger partial charge in [0.25, 0.3) is 0 Å². The number of rotatable bonds is 52. The number of unbranched alkanes of at least 4 members (excludes halogenated alkanes) is 35. The number of carbonyl (C=O) groups excluding carboxylic acids is 2. The Labute approximate surface area is 404 Å². The van der Waals surface area contributed by atoms with Crippen LogP contribution in [0.4, 0.5) is 0 Å². The molecular formula is C59H109NO5. The topological polar surface area (TPSA) is 95.9 Å². The Bertz CT molecular complexity index is 1100. The van der Waals surface area contributed by atoms with E-state index in [2.05, 4.69) is 55.6 Å². The van der Waals surface area contributed by atoms with Gasteiger partial charge in [0.2, 0.25) is 5.91 Å². The molecule has 0 aliphatic carbocycles. The number of carbonyl (C=O) groups is 2. The number of aliphatic hydroxyl groups excluding tert-OH is 2. The lowest BCUT2D eigenvalue weighted by atomic mass is 10.0. The molecule has 0 aliphatic rings. The van der Waals surface area contributed by atoms with E-state index in [9.17, 15) is 19.8 Å². The van der Waals surface area contributed by atoms with Gasteiger partial charge in [-0.25, -0.2) is 0 Å². The summed E-state index contributed by atoms with van der Waals surface area (Å²) in [5.74, 6) is -0.0828. The molecule has 0 spiro atoms. The minimum absolute atomic E-state index is 0.00488. The van der Waals surface area contributed by atoms with Gasteiger partial charge in [0.05, 0.1) is 25.4 Å². The Morgan fingerprint density at radius 2 is 0.769 bits per heavy atom. The van der Waals surface area contributed by atoms with Crippen LogP contribution in [0.25, 0.3) is 0 Å². The third-order valence-electron chi connectivity index (χ3n) is 12.8. The molecule has 0 heterocycles. The lowest BCUT2D eigenvalue weighted by molar-refractivity contribution is -0.143. The molecule has 0 bridgehead atoms. The van der Waals surface area contributed by atoms with Crippen LogP contribution in [0, 0.1) is 0 Å². The van der Waals surface area contributed by atoms with Gasteiger partial charge >= 0.3 is 5.97 Å². The highest BCUT2D eigenvalue weighted by Gasteiger charge is 2.18. The molecule has 380 valence electrons. The summed E-state index contributed by atoms with van der Waals surface area (Å²) in [5, 5.41) is 23.0. The number of hydrogen-bond donors (Lipinski definition) is 3. The quantitative estimate of drug-likeness (QED) is 0.0321. The molecule has 0 rings (SSSR count). The summed E-state index contributed by atoms with van der Waals surface area (Å²) in [6.45, 7) is 4.85. The highest BCUT2D eigenvalue weighted by atomic mass is 16.5. The molecule has 0 aliphatic heterocycles. The molecule has 2 atom stereocenters. The third-order valence-corrected chi connectivity index (χ3v) is 12.8. The molecule has 0 radical (unpaired) electrons. The molecule has 65 heavy (non-hydrogen) atoms. The van der Waals surface area contributed by atoms with Crippen molar-refractivity contribution in [3.8, 4) is 0 Å². The number of allylic oxidation sites excluding steroid dienone is 7. The maximum absolute atomic E-state index is 12.4. The van der Waals surface area contributed by atoms with Crippen LogP contribution in [0.5, 0.6) is 0 Å². The van der Waals surface area contributed by atoms with Crippen LogP contribution in [-0.4, -0.2) is 47.4 Å². The third kappa shape index (κ3) is 51.1. The van der Waals surface area contributed by atoms with Crippen LogP contribution in [-0.2, 0) is 14.3 Å². The second kappa shape index (κ2) is 54.4. The monoisotopic (exact) mass is 912 g/mol. The van der Waals surface area contributed by atoms with Crippen LogP contribution in [0.2, 0.25) is 0 Å². The molecule has 0 saturated heterocycles. The van der Waals surface area contributed by atoms with Crippen molar-refractivity contribution in [3.63, 3.8) is 0 Å². The molecule has 2 unspecified atom stereocenters. The molecule has 0 aromatic carbocycles. The van der Waals surface area contributed by atoms with Crippen molar-refractivity contribution in [1.82, 2.24) is 5.32 Å². The summed E-state index contributed by atoms with van der Waals surface area (Å²) in [6.07, 6.45) is 68.5. The van der Waals surface area contributed by atoms with Gasteiger partial charge in [-0.2, -0.15) is 0 Å². The van der Waals surface area contributed by atoms with E-state index in [-0.39, 0.29) is 18.5 Å². The van der Waals surface area contributed by atoms with Gasteiger partial charge in [-0.1, -0.05) is 236 Å².